The number of unbranched alkanes of at least 4 members (excludes halogenated alkanes) is 1. The number of halogens is 1. The number of rotatable bonds is 10. The number of nitrogens with one attached hydrogen (secondary N) is 2. The molecule has 0 saturated carbocycles. The Kier molecular flexibility index (Phi) is 8.01. The molecule has 1 rings (SSSR count). The van der Waals surface area contributed by atoms with Crippen molar-refractivity contribution in [2.45, 2.75) is 30.6 Å². The van der Waals surface area contributed by atoms with Gasteiger partial charge in [-0.1, -0.05) is 17.7 Å². The van der Waals surface area contributed by atoms with Gasteiger partial charge in [0.05, 0.1) is 4.90 Å². The van der Waals surface area contributed by atoms with E-state index in [0.717, 1.165) is 0 Å². The Balaban J connectivity index is 2.26. The van der Waals surface area contributed by atoms with Gasteiger partial charge < -0.3 is 10.4 Å². The first-order valence-electron chi connectivity index (χ1n) is 7.05. The highest BCUT2D eigenvalue weighted by Gasteiger charge is 2.13. The summed E-state index contributed by atoms with van der Waals surface area (Å²) in [6, 6.07) is 5.88. The summed E-state index contributed by atoms with van der Waals surface area (Å²) in [5, 5.41) is 11.4. The number of carboxylic acids is 1. The Hall–Kier alpha value is -1.64. The molecule has 0 fully saturated rings. The van der Waals surface area contributed by atoms with Crippen molar-refractivity contribution in [1.82, 2.24) is 10.0 Å². The van der Waals surface area contributed by atoms with Gasteiger partial charge in [0, 0.05) is 31.0 Å². The van der Waals surface area contributed by atoms with Crippen molar-refractivity contribution < 1.29 is 23.1 Å². The van der Waals surface area contributed by atoms with Gasteiger partial charge in [-0.3, -0.25) is 9.59 Å². The molecule has 128 valence electrons. The molecule has 0 bridgehead atoms. The summed E-state index contributed by atoms with van der Waals surface area (Å²) in [4.78, 5) is 21.8. The van der Waals surface area contributed by atoms with E-state index in [1.54, 1.807) is 6.07 Å². The molecular weight excluding hydrogens is 344 g/mol. The predicted octanol–water partition coefficient (Wildman–Crippen LogP) is 1.38. The molecule has 0 radical (unpaired) electrons. The van der Waals surface area contributed by atoms with E-state index in [1.807, 2.05) is 0 Å². The Bertz CT molecular complexity index is 648. The summed E-state index contributed by atoms with van der Waals surface area (Å²) >= 11 is 5.75. The van der Waals surface area contributed by atoms with E-state index < -0.39 is 16.0 Å². The molecule has 0 atom stereocenters. The number of amides is 1. The molecule has 1 amide bonds. The Morgan fingerprint density at radius 3 is 2.48 bits per heavy atom. The van der Waals surface area contributed by atoms with Crippen LogP contribution >= 0.6 is 11.6 Å². The van der Waals surface area contributed by atoms with Gasteiger partial charge in [0.25, 0.3) is 0 Å². The van der Waals surface area contributed by atoms with Crippen LogP contribution in [0.3, 0.4) is 0 Å². The molecule has 0 aliphatic rings. The number of sulfonamides is 1. The molecular formula is C14H19ClN2O5S. The number of hydrogen-bond acceptors (Lipinski definition) is 4. The molecule has 0 heterocycles. The first-order chi connectivity index (χ1) is 10.8. The third-order valence-electron chi connectivity index (χ3n) is 2.89. The largest absolute Gasteiger partial charge is 0.481 e. The zero-order valence-electron chi connectivity index (χ0n) is 12.4. The van der Waals surface area contributed by atoms with Gasteiger partial charge in [0.15, 0.2) is 0 Å². The second-order valence-corrected chi connectivity index (χ2v) is 7.01. The normalized spacial score (nSPS) is 11.2. The molecule has 9 heteroatoms. The lowest BCUT2D eigenvalue weighted by Crippen LogP contribution is -2.34. The quantitative estimate of drug-likeness (QED) is 0.544. The first-order valence-corrected chi connectivity index (χ1v) is 8.91. The Labute approximate surface area is 140 Å². The number of benzene rings is 1. The second kappa shape index (κ2) is 9.49. The van der Waals surface area contributed by atoms with E-state index in [4.69, 9.17) is 16.7 Å². The van der Waals surface area contributed by atoms with Crippen LogP contribution < -0.4 is 10.0 Å². The zero-order valence-corrected chi connectivity index (χ0v) is 14.0. The summed E-state index contributed by atoms with van der Waals surface area (Å²) in [5.41, 5.74) is 0. The van der Waals surface area contributed by atoms with Crippen molar-refractivity contribution >= 4 is 33.5 Å². The minimum atomic E-state index is -3.66. The fourth-order valence-electron chi connectivity index (χ4n) is 1.75. The summed E-state index contributed by atoms with van der Waals surface area (Å²) in [6.45, 7) is 0.202. The number of aliphatic carboxylic acids is 1. The predicted molar refractivity (Wildman–Crippen MR) is 85.8 cm³/mol. The molecule has 0 unspecified atom stereocenters. The van der Waals surface area contributed by atoms with E-state index >= 15 is 0 Å². The lowest BCUT2D eigenvalue weighted by Gasteiger charge is -2.08. The summed E-state index contributed by atoms with van der Waals surface area (Å²) in [6.07, 6.45) is 1.16. The van der Waals surface area contributed by atoms with Crippen molar-refractivity contribution in [3.05, 3.63) is 29.3 Å². The number of carbonyl (C=O) groups is 2. The summed E-state index contributed by atoms with van der Waals surface area (Å²) < 4.78 is 26.3. The summed E-state index contributed by atoms with van der Waals surface area (Å²) in [7, 11) is -3.66. The van der Waals surface area contributed by atoms with E-state index in [2.05, 4.69) is 10.0 Å². The summed E-state index contributed by atoms with van der Waals surface area (Å²) in [5.74, 6) is -1.13. The molecule has 23 heavy (non-hydrogen) atoms. The van der Waals surface area contributed by atoms with Gasteiger partial charge in [0.2, 0.25) is 15.9 Å². The van der Waals surface area contributed by atoms with E-state index in [0.29, 0.717) is 17.9 Å². The van der Waals surface area contributed by atoms with E-state index in [-0.39, 0.29) is 36.7 Å². The Morgan fingerprint density at radius 1 is 1.13 bits per heavy atom. The molecule has 0 saturated heterocycles. The average Bonchev–Trinajstić information content (AvgIpc) is 2.48. The maximum absolute atomic E-state index is 12.0. The average molecular weight is 363 g/mol. The van der Waals surface area contributed by atoms with Crippen LogP contribution in [0.5, 0.6) is 0 Å². The van der Waals surface area contributed by atoms with Crippen LogP contribution in [0.4, 0.5) is 0 Å². The molecule has 1 aromatic carbocycles. The minimum Gasteiger partial charge on any atom is -0.481 e. The maximum Gasteiger partial charge on any atom is 0.303 e. The Morgan fingerprint density at radius 2 is 1.83 bits per heavy atom. The van der Waals surface area contributed by atoms with Crippen LogP contribution in [0.25, 0.3) is 0 Å². The van der Waals surface area contributed by atoms with Crippen molar-refractivity contribution in [1.29, 1.82) is 0 Å². The molecule has 1 aromatic rings. The molecule has 0 aromatic heterocycles. The highest BCUT2D eigenvalue weighted by atomic mass is 35.5. The first kappa shape index (κ1) is 19.4. The molecule has 0 spiro atoms. The van der Waals surface area contributed by atoms with Crippen LogP contribution in [-0.4, -0.2) is 38.5 Å². The fourth-order valence-corrected chi connectivity index (χ4v) is 3.09. The van der Waals surface area contributed by atoms with Crippen LogP contribution in [0, 0.1) is 0 Å². The maximum atomic E-state index is 12.0. The van der Waals surface area contributed by atoms with Crippen molar-refractivity contribution in [3.8, 4) is 0 Å². The van der Waals surface area contributed by atoms with Gasteiger partial charge in [0.1, 0.15) is 0 Å². The molecule has 0 aliphatic heterocycles. The third-order valence-corrected chi connectivity index (χ3v) is 4.58. The highest BCUT2D eigenvalue weighted by Crippen LogP contribution is 2.14. The van der Waals surface area contributed by atoms with Gasteiger partial charge in [-0.25, -0.2) is 13.1 Å². The van der Waals surface area contributed by atoms with E-state index in [9.17, 15) is 18.0 Å². The smallest absolute Gasteiger partial charge is 0.303 e. The number of carbonyl (C=O) groups excluding carboxylic acids is 1. The minimum absolute atomic E-state index is 0.0344. The van der Waals surface area contributed by atoms with Crippen LogP contribution in [0.15, 0.2) is 29.2 Å². The van der Waals surface area contributed by atoms with Crippen molar-refractivity contribution in [2.75, 3.05) is 13.1 Å². The lowest BCUT2D eigenvalue weighted by molar-refractivity contribution is -0.137. The van der Waals surface area contributed by atoms with Gasteiger partial charge >= 0.3 is 5.97 Å². The fraction of sp³-hybridized carbons (Fsp3) is 0.429. The van der Waals surface area contributed by atoms with Crippen molar-refractivity contribution in [3.63, 3.8) is 0 Å². The molecule has 7 nitrogen and oxygen atoms in total. The van der Waals surface area contributed by atoms with Crippen molar-refractivity contribution in [2.24, 2.45) is 0 Å². The highest BCUT2D eigenvalue weighted by molar-refractivity contribution is 7.89. The second-order valence-electron chi connectivity index (χ2n) is 4.81. The zero-order chi connectivity index (χ0) is 17.3. The number of hydrogen-bond donors (Lipinski definition) is 3. The van der Waals surface area contributed by atoms with Gasteiger partial charge in [-0.15, -0.1) is 0 Å². The lowest BCUT2D eigenvalue weighted by atomic mass is 10.2. The van der Waals surface area contributed by atoms with Gasteiger partial charge in [-0.05, 0) is 31.0 Å². The van der Waals surface area contributed by atoms with Crippen LogP contribution in [0.1, 0.15) is 25.7 Å². The standard InChI is InChI=1S/C14H19ClN2O5S/c15-11-4-3-5-12(10-11)23(21,22)17-9-8-16-13(18)6-1-2-7-14(19)20/h3-5,10,17H,1-2,6-9H2,(H,16,18)(H,19,20). The monoisotopic (exact) mass is 362 g/mol. The van der Waals surface area contributed by atoms with Crippen LogP contribution in [0.2, 0.25) is 5.02 Å². The van der Waals surface area contributed by atoms with Gasteiger partial charge in [-0.2, -0.15) is 0 Å². The topological polar surface area (TPSA) is 113 Å². The third kappa shape index (κ3) is 7.96. The van der Waals surface area contributed by atoms with Crippen LogP contribution in [-0.2, 0) is 19.6 Å². The molecule has 3 N–H and O–H groups in total. The molecule has 0 aliphatic carbocycles. The van der Waals surface area contributed by atoms with E-state index in [1.165, 1.54) is 18.2 Å². The SMILES string of the molecule is O=C(O)CCCCC(=O)NCCNS(=O)(=O)c1cccc(Cl)c1. The number of carboxylic acid groups (broad SMARTS) is 1.